The summed E-state index contributed by atoms with van der Waals surface area (Å²) in [5, 5.41) is 19.5. The van der Waals surface area contributed by atoms with E-state index in [-0.39, 0.29) is 18.1 Å². The van der Waals surface area contributed by atoms with Gasteiger partial charge >= 0.3 is 0 Å². The van der Waals surface area contributed by atoms with Crippen LogP contribution >= 0.6 is 0 Å². The number of hydrogen-bond donors (Lipinski definition) is 2. The lowest BCUT2D eigenvalue weighted by Crippen LogP contribution is -2.55. The van der Waals surface area contributed by atoms with Crippen molar-refractivity contribution in [3.05, 3.63) is 24.0 Å². The van der Waals surface area contributed by atoms with Gasteiger partial charge in [-0.05, 0) is 37.8 Å². The molecule has 3 aliphatic rings. The third-order valence-corrected chi connectivity index (χ3v) is 5.49. The Morgan fingerprint density at radius 3 is 2.61 bits per heavy atom. The third-order valence-electron chi connectivity index (χ3n) is 5.49. The van der Waals surface area contributed by atoms with E-state index in [2.05, 4.69) is 4.57 Å². The highest BCUT2D eigenvalue weighted by atomic mass is 16.5. The number of nitrogens with zero attached hydrogens (tertiary/aromatic N) is 2. The van der Waals surface area contributed by atoms with Crippen LogP contribution in [0.4, 0.5) is 0 Å². The molecule has 2 aliphatic heterocycles. The Morgan fingerprint density at radius 1 is 1.22 bits per heavy atom. The maximum atomic E-state index is 12.8. The molecule has 1 spiro atoms. The summed E-state index contributed by atoms with van der Waals surface area (Å²) < 4.78 is 7.93. The van der Waals surface area contributed by atoms with E-state index in [0.29, 0.717) is 38.4 Å². The molecule has 3 fully saturated rings. The van der Waals surface area contributed by atoms with Gasteiger partial charge in [-0.1, -0.05) is 0 Å². The van der Waals surface area contributed by atoms with Gasteiger partial charge in [-0.25, -0.2) is 0 Å². The molecule has 1 aliphatic carbocycles. The molecule has 2 N–H and O–H groups in total. The number of ether oxygens (including phenoxy) is 1. The van der Waals surface area contributed by atoms with Gasteiger partial charge < -0.3 is 24.4 Å². The van der Waals surface area contributed by atoms with E-state index in [1.54, 1.807) is 0 Å². The summed E-state index contributed by atoms with van der Waals surface area (Å²) in [6.45, 7) is 1.45. The maximum Gasteiger partial charge on any atom is 0.270 e. The first-order valence-electron chi connectivity index (χ1n) is 8.54. The zero-order valence-corrected chi connectivity index (χ0v) is 13.2. The molecule has 6 heteroatoms. The van der Waals surface area contributed by atoms with Gasteiger partial charge in [0.2, 0.25) is 0 Å². The second kappa shape index (κ2) is 5.61. The lowest BCUT2D eigenvalue weighted by molar-refractivity contribution is -0.185. The molecular weight excluding hydrogens is 296 g/mol. The molecule has 4 rings (SSSR count). The fourth-order valence-corrected chi connectivity index (χ4v) is 3.82. The predicted molar refractivity (Wildman–Crippen MR) is 83.2 cm³/mol. The van der Waals surface area contributed by atoms with Crippen LogP contribution in [0, 0.1) is 0 Å². The third kappa shape index (κ3) is 2.79. The first-order valence-corrected chi connectivity index (χ1v) is 8.54. The molecule has 23 heavy (non-hydrogen) atoms. The number of piperidine rings is 1. The van der Waals surface area contributed by atoms with E-state index in [1.165, 1.54) is 0 Å². The second-order valence-corrected chi connectivity index (χ2v) is 7.16. The summed E-state index contributed by atoms with van der Waals surface area (Å²) >= 11 is 0. The van der Waals surface area contributed by atoms with Crippen LogP contribution < -0.4 is 0 Å². The highest BCUT2D eigenvalue weighted by Gasteiger charge is 2.44. The summed E-state index contributed by atoms with van der Waals surface area (Å²) in [7, 11) is 0. The maximum absolute atomic E-state index is 12.8. The zero-order valence-electron chi connectivity index (χ0n) is 13.2. The number of amides is 1. The molecular formula is C17H24N2O4. The average Bonchev–Trinajstić information content (AvgIpc) is 3.28. The molecule has 0 aromatic carbocycles. The van der Waals surface area contributed by atoms with E-state index in [1.807, 2.05) is 23.2 Å². The number of aliphatic hydroxyl groups is 2. The Morgan fingerprint density at radius 2 is 1.96 bits per heavy atom. The van der Waals surface area contributed by atoms with Crippen molar-refractivity contribution in [1.82, 2.24) is 9.47 Å². The van der Waals surface area contributed by atoms with Crippen molar-refractivity contribution in [2.24, 2.45) is 0 Å². The highest BCUT2D eigenvalue weighted by Crippen LogP contribution is 2.38. The zero-order chi connectivity index (χ0) is 16.0. The number of hydrogen-bond acceptors (Lipinski definition) is 4. The van der Waals surface area contributed by atoms with Gasteiger partial charge in [0.05, 0.1) is 18.3 Å². The van der Waals surface area contributed by atoms with Crippen LogP contribution in [0.2, 0.25) is 0 Å². The van der Waals surface area contributed by atoms with Crippen LogP contribution in [0.1, 0.15) is 48.6 Å². The van der Waals surface area contributed by atoms with Gasteiger partial charge in [-0.2, -0.15) is 0 Å². The topological polar surface area (TPSA) is 74.9 Å². The van der Waals surface area contributed by atoms with E-state index < -0.39 is 12.2 Å². The SMILES string of the molecule is O=C(c1cccn1C1CC1)N1CCC2(CC1)C[C@@H](O)[C@@H](O)CO2. The molecule has 0 bridgehead atoms. The molecule has 3 heterocycles. The van der Waals surface area contributed by atoms with Crippen LogP contribution in [0.3, 0.4) is 0 Å². The number of carbonyl (C=O) groups excluding carboxylic acids is 1. The van der Waals surface area contributed by atoms with E-state index >= 15 is 0 Å². The van der Waals surface area contributed by atoms with Crippen molar-refractivity contribution in [2.75, 3.05) is 19.7 Å². The number of aliphatic hydroxyl groups excluding tert-OH is 2. The molecule has 126 valence electrons. The predicted octanol–water partition coefficient (Wildman–Crippen LogP) is 0.940. The Hall–Kier alpha value is -1.37. The first kappa shape index (κ1) is 15.2. The molecule has 0 radical (unpaired) electrons. The molecule has 6 nitrogen and oxygen atoms in total. The van der Waals surface area contributed by atoms with Crippen LogP contribution in [0.25, 0.3) is 0 Å². The van der Waals surface area contributed by atoms with Crippen molar-refractivity contribution in [3.8, 4) is 0 Å². The van der Waals surface area contributed by atoms with Crippen molar-refractivity contribution in [1.29, 1.82) is 0 Å². The lowest BCUT2D eigenvalue weighted by atomic mass is 9.82. The summed E-state index contributed by atoms with van der Waals surface area (Å²) in [4.78, 5) is 14.7. The quantitative estimate of drug-likeness (QED) is 0.850. The standard InChI is InChI=1S/C17H24N2O4/c20-14-10-17(23-11-15(14)21)5-8-18(9-6-17)16(22)13-2-1-7-19(13)12-3-4-12/h1-2,7,12,14-15,20-21H,3-6,8-11H2/t14-,15+/m1/s1. The normalized spacial score (nSPS) is 30.6. The lowest BCUT2D eigenvalue weighted by Gasteiger charge is -2.46. The highest BCUT2D eigenvalue weighted by molar-refractivity contribution is 5.93. The van der Waals surface area contributed by atoms with Crippen LogP contribution in [0.15, 0.2) is 18.3 Å². The van der Waals surface area contributed by atoms with Gasteiger partial charge in [0.1, 0.15) is 11.8 Å². The molecule has 1 aromatic heterocycles. The monoisotopic (exact) mass is 320 g/mol. The Bertz CT molecular complexity index is 587. The van der Waals surface area contributed by atoms with Crippen molar-refractivity contribution in [2.45, 2.75) is 56.0 Å². The number of rotatable bonds is 2. The molecule has 2 saturated heterocycles. The van der Waals surface area contributed by atoms with E-state index in [0.717, 1.165) is 18.5 Å². The van der Waals surface area contributed by atoms with Gasteiger partial charge in [-0.3, -0.25) is 4.79 Å². The van der Waals surface area contributed by atoms with E-state index in [9.17, 15) is 15.0 Å². The van der Waals surface area contributed by atoms with Crippen LogP contribution in [0.5, 0.6) is 0 Å². The van der Waals surface area contributed by atoms with E-state index in [4.69, 9.17) is 4.74 Å². The smallest absolute Gasteiger partial charge is 0.270 e. The fraction of sp³-hybridized carbons (Fsp3) is 0.706. The van der Waals surface area contributed by atoms with Gasteiger partial charge in [-0.15, -0.1) is 0 Å². The molecule has 1 aromatic rings. The number of aromatic nitrogens is 1. The summed E-state index contributed by atoms with van der Waals surface area (Å²) in [5.74, 6) is 0.0909. The average molecular weight is 320 g/mol. The number of carbonyl (C=O) groups is 1. The van der Waals surface area contributed by atoms with Crippen LogP contribution in [-0.2, 0) is 4.74 Å². The van der Waals surface area contributed by atoms with Gasteiger partial charge in [0.15, 0.2) is 0 Å². The van der Waals surface area contributed by atoms with Crippen LogP contribution in [-0.4, -0.2) is 63.1 Å². The van der Waals surface area contributed by atoms with Crippen molar-refractivity contribution < 1.29 is 19.7 Å². The molecule has 0 unspecified atom stereocenters. The minimum atomic E-state index is -0.790. The minimum Gasteiger partial charge on any atom is -0.390 e. The van der Waals surface area contributed by atoms with Gasteiger partial charge in [0.25, 0.3) is 5.91 Å². The number of likely N-dealkylation sites (tertiary alicyclic amines) is 1. The molecule has 1 saturated carbocycles. The minimum absolute atomic E-state index is 0.0909. The largest absolute Gasteiger partial charge is 0.390 e. The molecule has 2 atom stereocenters. The second-order valence-electron chi connectivity index (χ2n) is 7.16. The van der Waals surface area contributed by atoms with Crippen molar-refractivity contribution in [3.63, 3.8) is 0 Å². The first-order chi connectivity index (χ1) is 11.1. The Balaban J connectivity index is 1.41. The summed E-state index contributed by atoms with van der Waals surface area (Å²) in [6, 6.07) is 4.35. The fourth-order valence-electron chi connectivity index (χ4n) is 3.82. The Kier molecular flexibility index (Phi) is 3.70. The summed E-state index contributed by atoms with van der Waals surface area (Å²) in [6.07, 6.45) is 4.69. The van der Waals surface area contributed by atoms with Gasteiger partial charge in [0, 0.05) is 31.7 Å². The van der Waals surface area contributed by atoms with Crippen molar-refractivity contribution >= 4 is 5.91 Å². The summed E-state index contributed by atoms with van der Waals surface area (Å²) in [5.41, 5.74) is 0.400. The molecule has 1 amide bonds. The Labute approximate surface area is 135 Å².